The molecule has 1 saturated heterocycles. The Morgan fingerprint density at radius 2 is 2.00 bits per heavy atom. The van der Waals surface area contributed by atoms with Crippen LogP contribution in [-0.2, 0) is 9.53 Å². The number of carbonyl (C=O) groups is 1. The topological polar surface area (TPSA) is 75.7 Å². The fourth-order valence-electron chi connectivity index (χ4n) is 3.64. The molecule has 1 fully saturated rings. The van der Waals surface area contributed by atoms with E-state index in [2.05, 4.69) is 15.0 Å². The minimum atomic E-state index is -4.84. The molecule has 0 aliphatic carbocycles. The molecule has 2 N–H and O–H groups in total. The van der Waals surface area contributed by atoms with E-state index in [9.17, 15) is 26.7 Å². The summed E-state index contributed by atoms with van der Waals surface area (Å²) in [5.74, 6) is -4.02. The van der Waals surface area contributed by atoms with E-state index >= 15 is 0 Å². The van der Waals surface area contributed by atoms with Gasteiger partial charge in [0.2, 0.25) is 11.7 Å². The van der Waals surface area contributed by atoms with E-state index in [0.29, 0.717) is 10.7 Å². The van der Waals surface area contributed by atoms with Gasteiger partial charge in [0.15, 0.2) is 17.2 Å². The second-order valence-electron chi connectivity index (χ2n) is 7.14. The summed E-state index contributed by atoms with van der Waals surface area (Å²) < 4.78 is 82.5. The third-order valence-corrected chi connectivity index (χ3v) is 5.92. The normalized spacial score (nSPS) is 20.7. The average Bonchev–Trinajstić information content (AvgIpc) is 3.17. The second kappa shape index (κ2) is 9.69. The quantitative estimate of drug-likeness (QED) is 0.450. The summed E-state index contributed by atoms with van der Waals surface area (Å²) in [7, 11) is 3.61. The van der Waals surface area contributed by atoms with Crippen LogP contribution in [0.3, 0.4) is 0 Å². The number of hydrogen-bond donors (Lipinski definition) is 2. The summed E-state index contributed by atoms with van der Waals surface area (Å²) in [6, 6.07) is 3.39. The Bertz CT molecular complexity index is 1030. The van der Waals surface area contributed by atoms with Gasteiger partial charge in [-0.05, 0) is 43.3 Å². The zero-order valence-electron chi connectivity index (χ0n) is 17.8. The van der Waals surface area contributed by atoms with Crippen LogP contribution < -0.4 is 19.7 Å². The standard InChI is InChI=1S/C20H21F5N4O3S/c1-26-33-15-8-11(6-7-27-15)28-18(30)14-9-19(32-3,20(23,24)25)10-29(14)13-5-4-12(21)16(22)17(13)31-2/h4-8,14,26H,9-10H2,1-3H3,(H,27,28,30). The number of alkyl halides is 3. The van der Waals surface area contributed by atoms with Crippen molar-refractivity contribution >= 4 is 29.2 Å². The van der Waals surface area contributed by atoms with Gasteiger partial charge in [-0.15, -0.1) is 0 Å². The van der Waals surface area contributed by atoms with Crippen LogP contribution >= 0.6 is 11.9 Å². The smallest absolute Gasteiger partial charge is 0.419 e. The Morgan fingerprint density at radius 3 is 2.61 bits per heavy atom. The summed E-state index contributed by atoms with van der Waals surface area (Å²) >= 11 is 1.18. The summed E-state index contributed by atoms with van der Waals surface area (Å²) in [5, 5.41) is 3.08. The number of pyridine rings is 1. The number of amides is 1. The summed E-state index contributed by atoms with van der Waals surface area (Å²) in [4.78, 5) is 18.2. The molecule has 0 bridgehead atoms. The van der Waals surface area contributed by atoms with E-state index in [1.807, 2.05) is 0 Å². The lowest BCUT2D eigenvalue weighted by molar-refractivity contribution is -0.261. The Kier molecular flexibility index (Phi) is 7.34. The van der Waals surface area contributed by atoms with E-state index in [-0.39, 0.29) is 5.69 Å². The molecule has 0 saturated carbocycles. The van der Waals surface area contributed by atoms with Crippen molar-refractivity contribution in [3.05, 3.63) is 42.1 Å². The molecule has 180 valence electrons. The van der Waals surface area contributed by atoms with Crippen LogP contribution in [0.1, 0.15) is 6.42 Å². The molecule has 2 unspecified atom stereocenters. The Labute approximate surface area is 190 Å². The molecule has 13 heteroatoms. The fraction of sp³-hybridized carbons (Fsp3) is 0.400. The van der Waals surface area contributed by atoms with Crippen molar-refractivity contribution in [2.75, 3.05) is 38.0 Å². The van der Waals surface area contributed by atoms with Gasteiger partial charge in [0.05, 0.1) is 19.3 Å². The Hall–Kier alpha value is -2.64. The first-order chi connectivity index (χ1) is 15.6. The highest BCUT2D eigenvalue weighted by molar-refractivity contribution is 7.97. The van der Waals surface area contributed by atoms with Gasteiger partial charge in [-0.25, -0.2) is 9.37 Å². The molecule has 1 aliphatic heterocycles. The number of rotatable bonds is 7. The highest BCUT2D eigenvalue weighted by Crippen LogP contribution is 2.47. The summed E-state index contributed by atoms with van der Waals surface area (Å²) in [6.07, 6.45) is -4.19. The van der Waals surface area contributed by atoms with Crippen LogP contribution in [0.4, 0.5) is 33.3 Å². The molecular formula is C20H21F5N4O3S. The highest BCUT2D eigenvalue weighted by Gasteiger charge is 2.63. The van der Waals surface area contributed by atoms with Crippen molar-refractivity contribution in [2.45, 2.75) is 29.3 Å². The average molecular weight is 492 g/mol. The number of halogens is 5. The predicted octanol–water partition coefficient (Wildman–Crippen LogP) is 3.76. The number of hydrogen-bond acceptors (Lipinski definition) is 7. The maximum atomic E-state index is 14.3. The molecule has 0 radical (unpaired) electrons. The van der Waals surface area contributed by atoms with E-state index in [0.717, 1.165) is 31.3 Å². The van der Waals surface area contributed by atoms with Crippen LogP contribution in [0.15, 0.2) is 35.5 Å². The molecule has 0 spiro atoms. The maximum absolute atomic E-state index is 14.3. The second-order valence-corrected chi connectivity index (χ2v) is 8.17. The van der Waals surface area contributed by atoms with Crippen molar-refractivity contribution in [2.24, 2.45) is 0 Å². The fourth-order valence-corrected chi connectivity index (χ4v) is 4.15. The lowest BCUT2D eigenvalue weighted by Crippen LogP contribution is -2.49. The minimum Gasteiger partial charge on any atom is -0.491 e. The lowest BCUT2D eigenvalue weighted by atomic mass is 9.99. The zero-order chi connectivity index (χ0) is 24.4. The van der Waals surface area contributed by atoms with Crippen LogP contribution in [0, 0.1) is 11.6 Å². The Balaban J connectivity index is 2.02. The van der Waals surface area contributed by atoms with Crippen molar-refractivity contribution < 1.29 is 36.2 Å². The van der Waals surface area contributed by atoms with E-state index < -0.39 is 54.1 Å². The molecule has 2 aromatic rings. The number of nitrogens with zero attached hydrogens (tertiary/aromatic N) is 2. The van der Waals surface area contributed by atoms with Crippen molar-refractivity contribution in [1.29, 1.82) is 0 Å². The first-order valence-electron chi connectivity index (χ1n) is 9.58. The molecule has 1 amide bonds. The van der Waals surface area contributed by atoms with Gasteiger partial charge in [0.1, 0.15) is 11.1 Å². The van der Waals surface area contributed by atoms with E-state index in [4.69, 9.17) is 9.47 Å². The van der Waals surface area contributed by atoms with E-state index in [1.165, 1.54) is 30.3 Å². The summed E-state index contributed by atoms with van der Waals surface area (Å²) in [6.45, 7) is -0.830. The van der Waals surface area contributed by atoms with Crippen molar-refractivity contribution in [3.63, 3.8) is 0 Å². The Morgan fingerprint density at radius 1 is 1.27 bits per heavy atom. The molecule has 1 aromatic carbocycles. The molecule has 33 heavy (non-hydrogen) atoms. The van der Waals surface area contributed by atoms with Crippen LogP contribution in [0.25, 0.3) is 0 Å². The van der Waals surface area contributed by atoms with Crippen LogP contribution in [0.5, 0.6) is 5.75 Å². The number of benzene rings is 1. The minimum absolute atomic E-state index is 0.208. The third kappa shape index (κ3) is 4.84. The predicted molar refractivity (Wildman–Crippen MR) is 112 cm³/mol. The van der Waals surface area contributed by atoms with Crippen LogP contribution in [-0.4, -0.2) is 56.5 Å². The SMILES string of the molecule is CNSc1cc(NC(=O)C2CC(OC)(C(F)(F)F)CN2c2ccc(F)c(F)c2OC)ccn1. The molecule has 3 rings (SSSR count). The first kappa shape index (κ1) is 25.0. The zero-order valence-corrected chi connectivity index (χ0v) is 18.6. The summed E-state index contributed by atoms with van der Waals surface area (Å²) in [5.41, 5.74) is -2.62. The third-order valence-electron chi connectivity index (χ3n) is 5.29. The number of aromatic nitrogens is 1. The maximum Gasteiger partial charge on any atom is 0.419 e. The number of nitrogens with one attached hydrogen (secondary N) is 2. The van der Waals surface area contributed by atoms with Gasteiger partial charge in [-0.3, -0.25) is 9.52 Å². The van der Waals surface area contributed by atoms with Gasteiger partial charge < -0.3 is 19.7 Å². The van der Waals surface area contributed by atoms with Crippen molar-refractivity contribution in [1.82, 2.24) is 9.71 Å². The van der Waals surface area contributed by atoms with Gasteiger partial charge >= 0.3 is 6.18 Å². The van der Waals surface area contributed by atoms with E-state index in [1.54, 1.807) is 7.05 Å². The molecule has 1 aromatic heterocycles. The number of anilines is 2. The number of ether oxygens (including phenoxy) is 2. The lowest BCUT2D eigenvalue weighted by Gasteiger charge is -2.31. The van der Waals surface area contributed by atoms with Gasteiger partial charge in [-0.2, -0.15) is 17.6 Å². The molecular weight excluding hydrogens is 471 g/mol. The van der Waals surface area contributed by atoms with Gasteiger partial charge in [-0.1, -0.05) is 0 Å². The number of methoxy groups -OCH3 is 2. The first-order valence-corrected chi connectivity index (χ1v) is 10.4. The van der Waals surface area contributed by atoms with Crippen LogP contribution in [0.2, 0.25) is 0 Å². The molecule has 2 atom stereocenters. The van der Waals surface area contributed by atoms with Gasteiger partial charge in [0, 0.05) is 25.4 Å². The monoisotopic (exact) mass is 492 g/mol. The molecule has 7 nitrogen and oxygen atoms in total. The molecule has 2 heterocycles. The highest BCUT2D eigenvalue weighted by atomic mass is 32.2. The molecule has 1 aliphatic rings. The number of carbonyl (C=O) groups excluding carboxylic acids is 1. The van der Waals surface area contributed by atoms with Crippen molar-refractivity contribution in [3.8, 4) is 5.75 Å². The largest absolute Gasteiger partial charge is 0.491 e. The van der Waals surface area contributed by atoms with Gasteiger partial charge in [0.25, 0.3) is 0 Å².